The van der Waals surface area contributed by atoms with Gasteiger partial charge in [-0.3, -0.25) is 0 Å². The third kappa shape index (κ3) is 7.24. The normalized spacial score (nSPS) is 10.9. The monoisotopic (exact) mass is 303 g/mol. The largest absolute Gasteiger partial charge is 0.493 e. The van der Waals surface area contributed by atoms with Gasteiger partial charge in [0, 0.05) is 19.8 Å². The number of alkyl halides is 2. The van der Waals surface area contributed by atoms with Crippen molar-refractivity contribution in [1.29, 1.82) is 0 Å². The Morgan fingerprint density at radius 1 is 1.19 bits per heavy atom. The summed E-state index contributed by atoms with van der Waals surface area (Å²) >= 11 is 0. The van der Waals surface area contributed by atoms with Gasteiger partial charge in [-0.05, 0) is 37.1 Å². The van der Waals surface area contributed by atoms with Crippen molar-refractivity contribution < 1.29 is 23.0 Å². The number of benzene rings is 1. The second kappa shape index (κ2) is 10.3. The molecule has 1 N–H and O–H groups in total. The number of rotatable bonds is 11. The fraction of sp³-hybridized carbons (Fsp3) is 0.600. The molecule has 0 unspecified atom stereocenters. The molecule has 0 aliphatic rings. The standard InChI is InChI=1S/C15H23F2NO3/c1-3-8-20-9-4-7-18-11-12-5-6-13(19-2)14(10-12)21-15(16)17/h5-6,10,15,18H,3-4,7-9,11H2,1-2H3. The fourth-order valence-corrected chi connectivity index (χ4v) is 1.80. The first kappa shape index (κ1) is 17.7. The zero-order chi connectivity index (χ0) is 15.5. The zero-order valence-corrected chi connectivity index (χ0v) is 12.5. The SMILES string of the molecule is CCCOCCCNCc1ccc(OC)c(OC(F)F)c1. The smallest absolute Gasteiger partial charge is 0.387 e. The molecular formula is C15H23F2NO3. The molecule has 0 aromatic heterocycles. The van der Waals surface area contributed by atoms with Gasteiger partial charge in [0.05, 0.1) is 7.11 Å². The van der Waals surface area contributed by atoms with Gasteiger partial charge in [-0.1, -0.05) is 13.0 Å². The van der Waals surface area contributed by atoms with Gasteiger partial charge in [0.1, 0.15) is 0 Å². The maximum Gasteiger partial charge on any atom is 0.387 e. The fourth-order valence-electron chi connectivity index (χ4n) is 1.80. The Hall–Kier alpha value is -1.40. The van der Waals surface area contributed by atoms with Gasteiger partial charge in [-0.2, -0.15) is 8.78 Å². The minimum absolute atomic E-state index is 0.0538. The van der Waals surface area contributed by atoms with Crippen molar-refractivity contribution in [3.63, 3.8) is 0 Å². The van der Waals surface area contributed by atoms with E-state index in [1.807, 2.05) is 6.07 Å². The van der Waals surface area contributed by atoms with Gasteiger partial charge >= 0.3 is 6.61 Å². The van der Waals surface area contributed by atoms with Gasteiger partial charge in [0.2, 0.25) is 0 Å². The molecule has 0 radical (unpaired) electrons. The lowest BCUT2D eigenvalue weighted by Crippen LogP contribution is -2.16. The van der Waals surface area contributed by atoms with Crippen LogP contribution in [-0.4, -0.2) is 33.5 Å². The van der Waals surface area contributed by atoms with Crippen LogP contribution in [0.25, 0.3) is 0 Å². The number of halogens is 2. The summed E-state index contributed by atoms with van der Waals surface area (Å²) in [5.74, 6) is 0.352. The lowest BCUT2D eigenvalue weighted by Gasteiger charge is -2.12. The van der Waals surface area contributed by atoms with E-state index in [9.17, 15) is 8.78 Å². The first-order valence-corrected chi connectivity index (χ1v) is 7.07. The molecule has 0 heterocycles. The minimum Gasteiger partial charge on any atom is -0.493 e. The molecule has 0 amide bonds. The third-order valence-electron chi connectivity index (χ3n) is 2.76. The van der Waals surface area contributed by atoms with Crippen LogP contribution in [0.4, 0.5) is 8.78 Å². The minimum atomic E-state index is -2.86. The van der Waals surface area contributed by atoms with E-state index >= 15 is 0 Å². The summed E-state index contributed by atoms with van der Waals surface area (Å²) < 4.78 is 39.4. The second-order valence-corrected chi connectivity index (χ2v) is 4.51. The van der Waals surface area contributed by atoms with Crippen LogP contribution in [0.5, 0.6) is 11.5 Å². The van der Waals surface area contributed by atoms with E-state index in [-0.39, 0.29) is 5.75 Å². The Labute approximate surface area is 124 Å². The Morgan fingerprint density at radius 2 is 2.00 bits per heavy atom. The number of hydrogen-bond acceptors (Lipinski definition) is 4. The van der Waals surface area contributed by atoms with Crippen LogP contribution >= 0.6 is 0 Å². The average Bonchev–Trinajstić information content (AvgIpc) is 2.46. The van der Waals surface area contributed by atoms with Crippen molar-refractivity contribution in [3.05, 3.63) is 23.8 Å². The van der Waals surface area contributed by atoms with Gasteiger partial charge < -0.3 is 19.5 Å². The molecule has 0 spiro atoms. The van der Waals surface area contributed by atoms with Crippen molar-refractivity contribution in [3.8, 4) is 11.5 Å². The highest BCUT2D eigenvalue weighted by Crippen LogP contribution is 2.29. The molecule has 0 atom stereocenters. The summed E-state index contributed by atoms with van der Waals surface area (Å²) in [6, 6.07) is 5.00. The second-order valence-electron chi connectivity index (χ2n) is 4.51. The van der Waals surface area contributed by atoms with Crippen LogP contribution < -0.4 is 14.8 Å². The van der Waals surface area contributed by atoms with Crippen molar-refractivity contribution in [2.24, 2.45) is 0 Å². The maximum atomic E-state index is 12.3. The summed E-state index contributed by atoms with van der Waals surface area (Å²) in [7, 11) is 1.42. The lowest BCUT2D eigenvalue weighted by molar-refractivity contribution is -0.0512. The van der Waals surface area contributed by atoms with Crippen LogP contribution in [-0.2, 0) is 11.3 Å². The molecule has 0 aliphatic carbocycles. The van der Waals surface area contributed by atoms with Crippen LogP contribution in [0.3, 0.4) is 0 Å². The Balaban J connectivity index is 2.37. The number of ether oxygens (including phenoxy) is 3. The van der Waals surface area contributed by atoms with E-state index in [2.05, 4.69) is 17.0 Å². The van der Waals surface area contributed by atoms with Crippen molar-refractivity contribution in [2.75, 3.05) is 26.9 Å². The summed E-state index contributed by atoms with van der Waals surface area (Å²) in [6.07, 6.45) is 1.93. The van der Waals surface area contributed by atoms with Gasteiger partial charge in [-0.15, -0.1) is 0 Å². The van der Waals surface area contributed by atoms with E-state index in [0.717, 1.165) is 38.2 Å². The molecule has 21 heavy (non-hydrogen) atoms. The number of methoxy groups -OCH3 is 1. The predicted molar refractivity (Wildman–Crippen MR) is 77.1 cm³/mol. The molecule has 120 valence electrons. The van der Waals surface area contributed by atoms with E-state index in [1.165, 1.54) is 7.11 Å². The first-order chi connectivity index (χ1) is 10.2. The van der Waals surface area contributed by atoms with Gasteiger partial charge in [0.15, 0.2) is 11.5 Å². The Bertz CT molecular complexity index is 403. The molecular weight excluding hydrogens is 280 g/mol. The van der Waals surface area contributed by atoms with Crippen molar-refractivity contribution in [2.45, 2.75) is 32.9 Å². The van der Waals surface area contributed by atoms with Crippen LogP contribution in [0.1, 0.15) is 25.3 Å². The van der Waals surface area contributed by atoms with Crippen molar-refractivity contribution in [1.82, 2.24) is 5.32 Å². The Morgan fingerprint density at radius 3 is 2.67 bits per heavy atom. The molecule has 6 heteroatoms. The van der Waals surface area contributed by atoms with Gasteiger partial charge in [0.25, 0.3) is 0 Å². The average molecular weight is 303 g/mol. The number of nitrogens with one attached hydrogen (secondary N) is 1. The van der Waals surface area contributed by atoms with Crippen LogP contribution in [0, 0.1) is 0 Å². The molecule has 0 aliphatic heterocycles. The summed E-state index contributed by atoms with van der Waals surface area (Å²) in [6.45, 7) is 2.10. The Kier molecular flexibility index (Phi) is 8.69. The molecule has 0 saturated carbocycles. The highest BCUT2D eigenvalue weighted by Gasteiger charge is 2.11. The summed E-state index contributed by atoms with van der Waals surface area (Å²) in [5.41, 5.74) is 0.862. The van der Waals surface area contributed by atoms with E-state index < -0.39 is 6.61 Å². The highest BCUT2D eigenvalue weighted by atomic mass is 19.3. The molecule has 0 saturated heterocycles. The van der Waals surface area contributed by atoms with Crippen LogP contribution in [0.2, 0.25) is 0 Å². The molecule has 1 aromatic carbocycles. The molecule has 0 bridgehead atoms. The molecule has 1 aromatic rings. The maximum absolute atomic E-state index is 12.3. The molecule has 0 fully saturated rings. The van der Waals surface area contributed by atoms with E-state index in [4.69, 9.17) is 9.47 Å². The highest BCUT2D eigenvalue weighted by molar-refractivity contribution is 5.42. The summed E-state index contributed by atoms with van der Waals surface area (Å²) in [5, 5.41) is 3.23. The zero-order valence-electron chi connectivity index (χ0n) is 12.5. The molecule has 1 rings (SSSR count). The van der Waals surface area contributed by atoms with Gasteiger partial charge in [-0.25, -0.2) is 0 Å². The van der Waals surface area contributed by atoms with E-state index in [0.29, 0.717) is 12.3 Å². The molecule has 4 nitrogen and oxygen atoms in total. The number of hydrogen-bond donors (Lipinski definition) is 1. The lowest BCUT2D eigenvalue weighted by atomic mass is 10.2. The topological polar surface area (TPSA) is 39.7 Å². The predicted octanol–water partition coefficient (Wildman–Crippen LogP) is 3.20. The van der Waals surface area contributed by atoms with Crippen LogP contribution in [0.15, 0.2) is 18.2 Å². The third-order valence-corrected chi connectivity index (χ3v) is 2.76. The summed E-state index contributed by atoms with van der Waals surface area (Å²) in [4.78, 5) is 0. The quantitative estimate of drug-likeness (QED) is 0.637. The van der Waals surface area contributed by atoms with Crippen molar-refractivity contribution >= 4 is 0 Å². The first-order valence-electron chi connectivity index (χ1n) is 7.07. The van der Waals surface area contributed by atoms with E-state index in [1.54, 1.807) is 12.1 Å².